The van der Waals surface area contributed by atoms with Crippen molar-refractivity contribution in [3.8, 4) is 0 Å². The highest BCUT2D eigenvalue weighted by molar-refractivity contribution is 5.16. The third-order valence-corrected chi connectivity index (χ3v) is 5.84. The molecule has 0 aliphatic carbocycles. The Labute approximate surface area is 181 Å². The Morgan fingerprint density at radius 3 is 2.26 bits per heavy atom. The lowest BCUT2D eigenvalue weighted by molar-refractivity contribution is -0.273. The normalized spacial score (nSPS) is 34.5. The third kappa shape index (κ3) is 4.05. The maximum Gasteiger partial charge on any atom is 0.190 e. The molecule has 2 aromatic rings. The molecule has 0 saturated carbocycles. The van der Waals surface area contributed by atoms with Gasteiger partial charge in [-0.25, -0.2) is 0 Å². The second kappa shape index (κ2) is 7.67. The highest BCUT2D eigenvalue weighted by Crippen LogP contribution is 2.47. The van der Waals surface area contributed by atoms with Gasteiger partial charge in [0, 0.05) is 6.54 Å². The van der Waals surface area contributed by atoms with Gasteiger partial charge in [-0.1, -0.05) is 30.3 Å². The van der Waals surface area contributed by atoms with Gasteiger partial charge in [-0.15, -0.1) is 0 Å². The Balaban J connectivity index is 1.49. The first kappa shape index (κ1) is 21.1. The van der Waals surface area contributed by atoms with E-state index in [2.05, 4.69) is 0 Å². The Hall–Kier alpha value is -1.78. The van der Waals surface area contributed by atoms with Gasteiger partial charge in [0.1, 0.15) is 36.2 Å². The summed E-state index contributed by atoms with van der Waals surface area (Å²) in [7, 11) is 0. The molecule has 8 heteroatoms. The topological polar surface area (TPSA) is 82.8 Å². The van der Waals surface area contributed by atoms with E-state index in [1.54, 1.807) is 12.3 Å². The number of benzene rings is 1. The molecule has 0 unspecified atom stereocenters. The van der Waals surface area contributed by atoms with E-state index >= 15 is 0 Å². The number of ether oxygens (including phenoxy) is 5. The van der Waals surface area contributed by atoms with E-state index in [0.717, 1.165) is 5.56 Å². The van der Waals surface area contributed by atoms with Gasteiger partial charge in [0.15, 0.2) is 17.9 Å². The summed E-state index contributed by atoms with van der Waals surface area (Å²) in [6.07, 6.45) is -1.03. The van der Waals surface area contributed by atoms with Crippen LogP contribution in [-0.2, 0) is 30.2 Å². The lowest BCUT2D eigenvalue weighted by Crippen LogP contribution is -2.58. The number of furan rings is 1. The number of hydrogen-bond acceptors (Lipinski definition) is 8. The molecule has 0 bridgehead atoms. The molecule has 0 spiro atoms. The Morgan fingerprint density at radius 2 is 1.55 bits per heavy atom. The van der Waals surface area contributed by atoms with Gasteiger partial charge in [-0.2, -0.15) is 5.06 Å². The summed E-state index contributed by atoms with van der Waals surface area (Å²) < 4.78 is 36.7. The predicted octanol–water partition coefficient (Wildman–Crippen LogP) is 3.61. The summed E-state index contributed by atoms with van der Waals surface area (Å²) in [5.74, 6) is -1.07. The van der Waals surface area contributed by atoms with Gasteiger partial charge in [0.05, 0.1) is 6.26 Å². The van der Waals surface area contributed by atoms with Crippen LogP contribution in [0.3, 0.4) is 0 Å². The first-order valence-electron chi connectivity index (χ1n) is 10.6. The van der Waals surface area contributed by atoms with E-state index < -0.39 is 48.3 Å². The van der Waals surface area contributed by atoms with Crippen LogP contribution in [0, 0.1) is 0 Å². The summed E-state index contributed by atoms with van der Waals surface area (Å²) in [6, 6.07) is 12.7. The fourth-order valence-electron chi connectivity index (χ4n) is 4.70. The second-order valence-corrected chi connectivity index (χ2v) is 9.18. The Kier molecular flexibility index (Phi) is 5.22. The molecule has 4 heterocycles. The Morgan fingerprint density at radius 1 is 0.871 bits per heavy atom. The summed E-state index contributed by atoms with van der Waals surface area (Å²) >= 11 is 0. The molecule has 3 aliphatic rings. The van der Waals surface area contributed by atoms with Crippen molar-refractivity contribution >= 4 is 0 Å². The molecule has 3 saturated heterocycles. The average molecular weight is 431 g/mol. The highest BCUT2D eigenvalue weighted by atomic mass is 16.9. The van der Waals surface area contributed by atoms with Crippen molar-refractivity contribution < 1.29 is 33.3 Å². The van der Waals surface area contributed by atoms with Crippen molar-refractivity contribution in [1.29, 1.82) is 0 Å². The molecule has 0 radical (unpaired) electrons. The summed E-state index contributed by atoms with van der Waals surface area (Å²) in [6.45, 7) is 7.70. The van der Waals surface area contributed by atoms with Gasteiger partial charge in [-0.3, -0.25) is 0 Å². The molecule has 168 valence electrons. The van der Waals surface area contributed by atoms with Gasteiger partial charge in [-0.05, 0) is 45.4 Å². The van der Waals surface area contributed by atoms with Crippen LogP contribution in [0.15, 0.2) is 53.1 Å². The van der Waals surface area contributed by atoms with Crippen LogP contribution >= 0.6 is 0 Å². The fourth-order valence-corrected chi connectivity index (χ4v) is 4.70. The smallest absolute Gasteiger partial charge is 0.190 e. The van der Waals surface area contributed by atoms with E-state index in [1.807, 2.05) is 64.1 Å². The van der Waals surface area contributed by atoms with Crippen LogP contribution in [-0.4, -0.2) is 52.6 Å². The number of hydrogen-bond donors (Lipinski definition) is 1. The molecule has 8 nitrogen and oxygen atoms in total. The van der Waals surface area contributed by atoms with Crippen molar-refractivity contribution in [2.24, 2.45) is 0 Å². The van der Waals surface area contributed by atoms with Crippen molar-refractivity contribution in [2.45, 2.75) is 82.6 Å². The SMILES string of the molecule is CC1(C)O[C@@H]2[C@H](O1)[C@H]1OC(C)(C)O[C@H]1O[C@@H]2[C@H](c1ccco1)N(O)Cc1ccccc1. The summed E-state index contributed by atoms with van der Waals surface area (Å²) in [5, 5.41) is 12.4. The molecule has 31 heavy (non-hydrogen) atoms. The number of rotatable bonds is 5. The largest absolute Gasteiger partial charge is 0.467 e. The minimum atomic E-state index is -0.824. The quantitative estimate of drug-likeness (QED) is 0.719. The first-order chi connectivity index (χ1) is 14.7. The van der Waals surface area contributed by atoms with Crippen LogP contribution in [0.2, 0.25) is 0 Å². The van der Waals surface area contributed by atoms with Crippen molar-refractivity contribution in [1.82, 2.24) is 5.06 Å². The Bertz CT molecular complexity index is 885. The average Bonchev–Trinajstić information content (AvgIpc) is 3.39. The fraction of sp³-hybridized carbons (Fsp3) is 0.565. The molecule has 1 aromatic carbocycles. The zero-order valence-corrected chi connectivity index (χ0v) is 18.1. The molecule has 5 rings (SSSR count). The van der Waals surface area contributed by atoms with Gasteiger partial charge in [0.2, 0.25) is 0 Å². The molecule has 3 aliphatic heterocycles. The lowest BCUT2D eigenvalue weighted by atomic mass is 9.92. The predicted molar refractivity (Wildman–Crippen MR) is 108 cm³/mol. The van der Waals surface area contributed by atoms with E-state index in [-0.39, 0.29) is 6.54 Å². The number of hydroxylamine groups is 2. The zero-order chi connectivity index (χ0) is 21.8. The minimum Gasteiger partial charge on any atom is -0.467 e. The minimum absolute atomic E-state index is 0.282. The van der Waals surface area contributed by atoms with E-state index in [1.165, 1.54) is 5.06 Å². The van der Waals surface area contributed by atoms with E-state index in [4.69, 9.17) is 28.1 Å². The molecular weight excluding hydrogens is 402 g/mol. The number of nitrogens with zero attached hydrogens (tertiary/aromatic N) is 1. The maximum absolute atomic E-state index is 11.2. The van der Waals surface area contributed by atoms with Gasteiger partial charge in [0.25, 0.3) is 0 Å². The number of fused-ring (bicyclic) bond motifs is 3. The third-order valence-electron chi connectivity index (χ3n) is 5.84. The molecule has 3 fully saturated rings. The van der Waals surface area contributed by atoms with Crippen molar-refractivity contribution in [3.05, 3.63) is 60.1 Å². The van der Waals surface area contributed by atoms with Crippen LogP contribution in [0.4, 0.5) is 0 Å². The monoisotopic (exact) mass is 431 g/mol. The van der Waals surface area contributed by atoms with Crippen molar-refractivity contribution in [3.63, 3.8) is 0 Å². The van der Waals surface area contributed by atoms with Crippen LogP contribution < -0.4 is 0 Å². The maximum atomic E-state index is 11.2. The van der Waals surface area contributed by atoms with Crippen LogP contribution in [0.25, 0.3) is 0 Å². The van der Waals surface area contributed by atoms with Gasteiger partial charge >= 0.3 is 0 Å². The van der Waals surface area contributed by atoms with Crippen LogP contribution in [0.5, 0.6) is 0 Å². The molecular formula is C23H29NO7. The van der Waals surface area contributed by atoms with Crippen molar-refractivity contribution in [2.75, 3.05) is 0 Å². The standard InChI is InChI=1S/C23H29NO7/c1-22(2)28-18-17(27-21-20(19(18)29-22)30-23(3,4)31-21)16(15-11-8-12-26-15)24(25)13-14-9-6-5-7-10-14/h5-12,16-21,25H,13H2,1-4H3/t16-,17+,18-,19-,20+,21+/m0/s1. The molecule has 6 atom stereocenters. The highest BCUT2D eigenvalue weighted by Gasteiger charge is 2.62. The van der Waals surface area contributed by atoms with Gasteiger partial charge < -0.3 is 33.3 Å². The zero-order valence-electron chi connectivity index (χ0n) is 18.1. The molecule has 0 amide bonds. The first-order valence-corrected chi connectivity index (χ1v) is 10.6. The van der Waals surface area contributed by atoms with Crippen LogP contribution in [0.1, 0.15) is 45.1 Å². The second-order valence-electron chi connectivity index (χ2n) is 9.18. The summed E-state index contributed by atoms with van der Waals surface area (Å²) in [5.41, 5.74) is 0.956. The van der Waals surface area contributed by atoms with E-state index in [0.29, 0.717) is 5.76 Å². The lowest BCUT2D eigenvalue weighted by Gasteiger charge is -2.42. The summed E-state index contributed by atoms with van der Waals surface area (Å²) in [4.78, 5) is 0. The van der Waals surface area contributed by atoms with E-state index in [9.17, 15) is 5.21 Å². The molecule has 1 aromatic heterocycles. The molecule has 1 N–H and O–H groups in total.